The van der Waals surface area contributed by atoms with Gasteiger partial charge in [0.15, 0.2) is 0 Å². The maximum atomic E-state index is 6.16. The molecular formula is C18H22O2. The van der Waals surface area contributed by atoms with E-state index in [1.807, 2.05) is 36.4 Å². The molecule has 2 rings (SSSR count). The number of ether oxygens (including phenoxy) is 2. The van der Waals surface area contributed by atoms with E-state index < -0.39 is 0 Å². The van der Waals surface area contributed by atoms with Crippen LogP contribution in [0.15, 0.2) is 48.5 Å². The van der Waals surface area contributed by atoms with E-state index in [1.54, 1.807) is 7.11 Å². The summed E-state index contributed by atoms with van der Waals surface area (Å²) in [6.45, 7) is 4.26. The van der Waals surface area contributed by atoms with Crippen molar-refractivity contribution in [1.29, 1.82) is 0 Å². The first-order valence-electron chi connectivity index (χ1n) is 7.10. The Morgan fingerprint density at radius 2 is 1.80 bits per heavy atom. The third-order valence-electron chi connectivity index (χ3n) is 3.30. The van der Waals surface area contributed by atoms with Crippen LogP contribution in [0.1, 0.15) is 37.0 Å². The molecule has 0 saturated heterocycles. The molecule has 0 fully saturated rings. The molecule has 2 heteroatoms. The Bertz CT molecular complexity index is 534. The van der Waals surface area contributed by atoms with Crippen LogP contribution >= 0.6 is 0 Å². The van der Waals surface area contributed by atoms with Crippen molar-refractivity contribution in [3.8, 4) is 11.5 Å². The zero-order chi connectivity index (χ0) is 14.4. The highest BCUT2D eigenvalue weighted by atomic mass is 16.5. The Morgan fingerprint density at radius 1 is 1.05 bits per heavy atom. The SMILES string of the molecule is CCCC(Oc1ccccc1)c1cc(C)ccc1OC. The summed E-state index contributed by atoms with van der Waals surface area (Å²) in [7, 11) is 1.71. The summed E-state index contributed by atoms with van der Waals surface area (Å²) < 4.78 is 11.6. The zero-order valence-corrected chi connectivity index (χ0v) is 12.4. The third-order valence-corrected chi connectivity index (χ3v) is 3.30. The molecule has 0 amide bonds. The van der Waals surface area contributed by atoms with Crippen LogP contribution in [-0.4, -0.2) is 7.11 Å². The van der Waals surface area contributed by atoms with Crippen LogP contribution in [0.3, 0.4) is 0 Å². The minimum Gasteiger partial charge on any atom is -0.496 e. The second kappa shape index (κ2) is 6.99. The van der Waals surface area contributed by atoms with E-state index in [4.69, 9.17) is 9.47 Å². The highest BCUT2D eigenvalue weighted by molar-refractivity contribution is 5.39. The van der Waals surface area contributed by atoms with Crippen molar-refractivity contribution in [2.24, 2.45) is 0 Å². The molecule has 2 aromatic carbocycles. The zero-order valence-electron chi connectivity index (χ0n) is 12.4. The van der Waals surface area contributed by atoms with Gasteiger partial charge in [-0.15, -0.1) is 0 Å². The standard InChI is InChI=1S/C18H22O2/c1-4-8-18(20-15-9-6-5-7-10-15)16-13-14(2)11-12-17(16)19-3/h5-7,9-13,18H,4,8H2,1-3H3. The fourth-order valence-electron chi connectivity index (χ4n) is 2.31. The maximum Gasteiger partial charge on any atom is 0.127 e. The van der Waals surface area contributed by atoms with Crippen LogP contribution < -0.4 is 9.47 Å². The second-order valence-electron chi connectivity index (χ2n) is 4.95. The van der Waals surface area contributed by atoms with Gasteiger partial charge >= 0.3 is 0 Å². The quantitative estimate of drug-likeness (QED) is 0.741. The predicted octanol–water partition coefficient (Wildman–Crippen LogP) is 4.92. The molecule has 1 unspecified atom stereocenters. The molecule has 1 atom stereocenters. The lowest BCUT2D eigenvalue weighted by Crippen LogP contribution is -2.09. The van der Waals surface area contributed by atoms with Crippen LogP contribution in [0.25, 0.3) is 0 Å². The molecule has 0 bridgehead atoms. The molecule has 2 aromatic rings. The molecule has 20 heavy (non-hydrogen) atoms. The van der Waals surface area contributed by atoms with Gasteiger partial charge in [0.1, 0.15) is 17.6 Å². The number of methoxy groups -OCH3 is 1. The topological polar surface area (TPSA) is 18.5 Å². The summed E-state index contributed by atoms with van der Waals surface area (Å²) in [5.74, 6) is 1.79. The molecule has 0 aliphatic rings. The fourth-order valence-corrected chi connectivity index (χ4v) is 2.31. The molecule has 0 heterocycles. The van der Waals surface area contributed by atoms with E-state index in [1.165, 1.54) is 5.56 Å². The van der Waals surface area contributed by atoms with Crippen molar-refractivity contribution < 1.29 is 9.47 Å². The average Bonchev–Trinajstić information content (AvgIpc) is 2.48. The molecule has 0 aromatic heterocycles. The van der Waals surface area contributed by atoms with Gasteiger partial charge in [0.05, 0.1) is 7.11 Å². The summed E-state index contributed by atoms with van der Waals surface area (Å²) in [5.41, 5.74) is 2.34. The Balaban J connectivity index is 2.30. The van der Waals surface area contributed by atoms with E-state index in [9.17, 15) is 0 Å². The highest BCUT2D eigenvalue weighted by Crippen LogP contribution is 2.32. The summed E-state index contributed by atoms with van der Waals surface area (Å²) in [6.07, 6.45) is 2.06. The van der Waals surface area contributed by atoms with E-state index in [2.05, 4.69) is 26.0 Å². The van der Waals surface area contributed by atoms with Crippen molar-refractivity contribution in [3.05, 3.63) is 59.7 Å². The van der Waals surface area contributed by atoms with Crippen molar-refractivity contribution in [2.45, 2.75) is 32.8 Å². The molecular weight excluding hydrogens is 248 g/mol. The van der Waals surface area contributed by atoms with Crippen molar-refractivity contribution in [1.82, 2.24) is 0 Å². The smallest absolute Gasteiger partial charge is 0.127 e. The molecule has 0 N–H and O–H groups in total. The van der Waals surface area contributed by atoms with Crippen molar-refractivity contribution in [2.75, 3.05) is 7.11 Å². The van der Waals surface area contributed by atoms with E-state index in [0.717, 1.165) is 29.9 Å². The normalized spacial score (nSPS) is 11.9. The molecule has 0 aliphatic carbocycles. The van der Waals surface area contributed by atoms with Gasteiger partial charge in [-0.3, -0.25) is 0 Å². The van der Waals surface area contributed by atoms with Gasteiger partial charge in [0.2, 0.25) is 0 Å². The van der Waals surface area contributed by atoms with Gasteiger partial charge < -0.3 is 9.47 Å². The Labute approximate surface area is 121 Å². The Kier molecular flexibility index (Phi) is 5.05. The van der Waals surface area contributed by atoms with E-state index in [0.29, 0.717) is 0 Å². The number of hydrogen-bond acceptors (Lipinski definition) is 2. The van der Waals surface area contributed by atoms with E-state index >= 15 is 0 Å². The third kappa shape index (κ3) is 3.53. The monoisotopic (exact) mass is 270 g/mol. The maximum absolute atomic E-state index is 6.16. The minimum atomic E-state index is 0.0252. The summed E-state index contributed by atoms with van der Waals surface area (Å²) in [6, 6.07) is 16.2. The van der Waals surface area contributed by atoms with Crippen LogP contribution in [0.5, 0.6) is 11.5 Å². The summed E-state index contributed by atoms with van der Waals surface area (Å²) in [4.78, 5) is 0. The first kappa shape index (κ1) is 14.4. The highest BCUT2D eigenvalue weighted by Gasteiger charge is 2.17. The lowest BCUT2D eigenvalue weighted by molar-refractivity contribution is 0.189. The number of para-hydroxylation sites is 1. The van der Waals surface area contributed by atoms with Crippen LogP contribution in [0.2, 0.25) is 0 Å². The second-order valence-corrected chi connectivity index (χ2v) is 4.95. The van der Waals surface area contributed by atoms with Crippen LogP contribution in [0, 0.1) is 6.92 Å². The number of hydrogen-bond donors (Lipinski definition) is 0. The van der Waals surface area contributed by atoms with Gasteiger partial charge in [0, 0.05) is 5.56 Å². The van der Waals surface area contributed by atoms with Gasteiger partial charge in [-0.25, -0.2) is 0 Å². The number of benzene rings is 2. The molecule has 0 spiro atoms. The van der Waals surface area contributed by atoms with Gasteiger partial charge in [-0.1, -0.05) is 43.2 Å². The number of rotatable bonds is 6. The molecule has 106 valence electrons. The van der Waals surface area contributed by atoms with Crippen LogP contribution in [-0.2, 0) is 0 Å². The lowest BCUT2D eigenvalue weighted by atomic mass is 10.0. The van der Waals surface area contributed by atoms with Crippen molar-refractivity contribution >= 4 is 0 Å². The molecule has 2 nitrogen and oxygen atoms in total. The Morgan fingerprint density at radius 3 is 2.45 bits per heavy atom. The van der Waals surface area contributed by atoms with Gasteiger partial charge in [0.25, 0.3) is 0 Å². The van der Waals surface area contributed by atoms with Gasteiger partial charge in [-0.2, -0.15) is 0 Å². The average molecular weight is 270 g/mol. The first-order valence-corrected chi connectivity index (χ1v) is 7.10. The fraction of sp³-hybridized carbons (Fsp3) is 0.333. The lowest BCUT2D eigenvalue weighted by Gasteiger charge is -2.21. The summed E-state index contributed by atoms with van der Waals surface area (Å²) >= 11 is 0. The van der Waals surface area contributed by atoms with Gasteiger partial charge in [-0.05, 0) is 37.6 Å². The predicted molar refractivity (Wildman–Crippen MR) is 82.5 cm³/mol. The van der Waals surface area contributed by atoms with Crippen molar-refractivity contribution in [3.63, 3.8) is 0 Å². The number of aryl methyl sites for hydroxylation is 1. The molecule has 0 saturated carbocycles. The first-order chi connectivity index (χ1) is 9.74. The largest absolute Gasteiger partial charge is 0.496 e. The molecule has 0 radical (unpaired) electrons. The minimum absolute atomic E-state index is 0.0252. The summed E-state index contributed by atoms with van der Waals surface area (Å²) in [5, 5.41) is 0. The Hall–Kier alpha value is -1.96. The molecule has 0 aliphatic heterocycles. The van der Waals surface area contributed by atoms with E-state index in [-0.39, 0.29) is 6.10 Å². The van der Waals surface area contributed by atoms with Crippen LogP contribution in [0.4, 0.5) is 0 Å².